The van der Waals surface area contributed by atoms with Gasteiger partial charge in [0.05, 0.1) is 7.11 Å². The summed E-state index contributed by atoms with van der Waals surface area (Å²) in [6, 6.07) is 0. The summed E-state index contributed by atoms with van der Waals surface area (Å²) in [5.74, 6) is 2.17. The van der Waals surface area contributed by atoms with Gasteiger partial charge in [0, 0.05) is 13.3 Å². The van der Waals surface area contributed by atoms with Crippen LogP contribution in [0.2, 0.25) is 0 Å². The number of hydrogen-bond acceptors (Lipinski definition) is 4. The first-order valence-corrected chi connectivity index (χ1v) is 12.3. The number of carbonyl (C=O) groups is 2. The van der Waals surface area contributed by atoms with Crippen molar-refractivity contribution < 1.29 is 19.1 Å². The third-order valence-corrected chi connectivity index (χ3v) is 9.49. The summed E-state index contributed by atoms with van der Waals surface area (Å²) < 4.78 is 10.5. The second kappa shape index (κ2) is 8.41. The standard InChI is InChI=1S/C27H40O4/c1-17(6-11-25(29)30-5)22-9-10-23-21-8-7-19-16-20(31-18(2)28)12-14-26(19,3)24(21)13-15-27(22,23)4/h9,13,17,19-21,23H,6-8,10-12,14-16H2,1-5H3/t17?,19?,20?,21?,23?,26-,27+/m0/s1. The summed E-state index contributed by atoms with van der Waals surface area (Å²) in [6.45, 7) is 8.79. The van der Waals surface area contributed by atoms with E-state index < -0.39 is 0 Å². The van der Waals surface area contributed by atoms with Gasteiger partial charge in [-0.15, -0.1) is 0 Å². The molecule has 0 aliphatic heterocycles. The predicted octanol–water partition coefficient (Wildman–Crippen LogP) is 6.01. The van der Waals surface area contributed by atoms with Crippen LogP contribution in [0, 0.1) is 34.5 Å². The number of hydrogen-bond donors (Lipinski definition) is 0. The minimum atomic E-state index is -0.138. The minimum absolute atomic E-state index is 0.103. The van der Waals surface area contributed by atoms with Crippen LogP contribution in [0.4, 0.5) is 0 Å². The lowest BCUT2D eigenvalue weighted by molar-refractivity contribution is -0.151. The van der Waals surface area contributed by atoms with Crippen molar-refractivity contribution >= 4 is 11.9 Å². The maximum absolute atomic E-state index is 11.7. The van der Waals surface area contributed by atoms with Gasteiger partial charge in [0.1, 0.15) is 6.10 Å². The molecule has 0 aromatic rings. The van der Waals surface area contributed by atoms with Crippen LogP contribution in [0.25, 0.3) is 0 Å². The average molecular weight is 429 g/mol. The fourth-order valence-corrected chi connectivity index (χ4v) is 7.80. The zero-order valence-electron chi connectivity index (χ0n) is 20.0. The molecular weight excluding hydrogens is 388 g/mol. The minimum Gasteiger partial charge on any atom is -0.469 e. The first-order chi connectivity index (χ1) is 14.7. The number of allylic oxidation sites excluding steroid dienone is 4. The second-order valence-corrected chi connectivity index (χ2v) is 11.1. The molecule has 4 aliphatic rings. The van der Waals surface area contributed by atoms with Gasteiger partial charge in [-0.2, -0.15) is 0 Å². The van der Waals surface area contributed by atoms with Crippen molar-refractivity contribution in [1.29, 1.82) is 0 Å². The molecule has 4 aliphatic carbocycles. The third-order valence-electron chi connectivity index (χ3n) is 9.49. The number of carbonyl (C=O) groups excluding carboxylic acids is 2. The fourth-order valence-electron chi connectivity index (χ4n) is 7.80. The summed E-state index contributed by atoms with van der Waals surface area (Å²) in [5.41, 5.74) is 3.77. The summed E-state index contributed by atoms with van der Waals surface area (Å²) >= 11 is 0. The normalized spacial score (nSPS) is 39.9. The molecule has 4 nitrogen and oxygen atoms in total. The molecule has 2 fully saturated rings. The molecule has 0 bridgehead atoms. The molecule has 4 rings (SSSR count). The molecular formula is C27H40O4. The Morgan fingerprint density at radius 2 is 1.94 bits per heavy atom. The molecule has 0 saturated heterocycles. The molecule has 0 heterocycles. The number of rotatable bonds is 5. The van der Waals surface area contributed by atoms with Crippen LogP contribution in [0.5, 0.6) is 0 Å². The van der Waals surface area contributed by atoms with Gasteiger partial charge in [0.2, 0.25) is 0 Å². The molecule has 0 N–H and O–H groups in total. The van der Waals surface area contributed by atoms with Crippen LogP contribution in [-0.2, 0) is 19.1 Å². The predicted molar refractivity (Wildman–Crippen MR) is 121 cm³/mol. The number of methoxy groups -OCH3 is 1. The van der Waals surface area contributed by atoms with E-state index in [-0.39, 0.29) is 28.9 Å². The highest BCUT2D eigenvalue weighted by atomic mass is 16.5. The Labute approximate surface area is 187 Å². The number of ether oxygens (including phenoxy) is 2. The van der Waals surface area contributed by atoms with Gasteiger partial charge in [0.25, 0.3) is 0 Å². The van der Waals surface area contributed by atoms with Gasteiger partial charge < -0.3 is 9.47 Å². The monoisotopic (exact) mass is 428 g/mol. The van der Waals surface area contributed by atoms with E-state index in [1.165, 1.54) is 33.3 Å². The SMILES string of the molecule is COC(=O)CCC(C)C1=CCC2C3CCC4CC(OC(C)=O)CC[C@]4(C)C3=CC[C@]12C. The smallest absolute Gasteiger partial charge is 0.305 e. The first kappa shape index (κ1) is 22.6. The first-order valence-electron chi connectivity index (χ1n) is 12.3. The molecule has 0 radical (unpaired) electrons. The van der Waals surface area contributed by atoms with Gasteiger partial charge in [-0.1, -0.05) is 44.1 Å². The highest BCUT2D eigenvalue weighted by Crippen LogP contribution is 2.65. The molecule has 2 saturated carbocycles. The molecule has 0 spiro atoms. The lowest BCUT2D eigenvalue weighted by Crippen LogP contribution is -2.48. The Bertz CT molecular complexity index is 795. The van der Waals surface area contributed by atoms with E-state index in [9.17, 15) is 9.59 Å². The van der Waals surface area contributed by atoms with Crippen molar-refractivity contribution in [3.8, 4) is 0 Å². The van der Waals surface area contributed by atoms with Crippen molar-refractivity contribution in [3.63, 3.8) is 0 Å². The highest BCUT2D eigenvalue weighted by Gasteiger charge is 2.55. The van der Waals surface area contributed by atoms with Crippen LogP contribution in [0.15, 0.2) is 23.3 Å². The third kappa shape index (κ3) is 3.89. The van der Waals surface area contributed by atoms with Gasteiger partial charge >= 0.3 is 11.9 Å². The second-order valence-electron chi connectivity index (χ2n) is 11.1. The van der Waals surface area contributed by atoms with Gasteiger partial charge in [-0.05, 0) is 85.9 Å². The molecule has 0 amide bonds. The summed E-state index contributed by atoms with van der Waals surface area (Å²) in [5, 5.41) is 0. The number of esters is 2. The number of fused-ring (bicyclic) bond motifs is 5. The molecule has 4 heteroatoms. The van der Waals surface area contributed by atoms with Gasteiger partial charge in [0.15, 0.2) is 0 Å². The highest BCUT2D eigenvalue weighted by molar-refractivity contribution is 5.69. The van der Waals surface area contributed by atoms with Crippen molar-refractivity contribution in [1.82, 2.24) is 0 Å². The molecule has 31 heavy (non-hydrogen) atoms. The van der Waals surface area contributed by atoms with Crippen LogP contribution in [0.1, 0.15) is 85.5 Å². The van der Waals surface area contributed by atoms with E-state index in [1.807, 2.05) is 0 Å². The lowest BCUT2D eigenvalue weighted by atomic mass is 9.48. The van der Waals surface area contributed by atoms with E-state index in [0.29, 0.717) is 30.1 Å². The zero-order chi connectivity index (χ0) is 22.4. The Kier molecular flexibility index (Phi) is 6.13. The molecule has 7 atom stereocenters. The lowest BCUT2D eigenvalue weighted by Gasteiger charge is -2.57. The van der Waals surface area contributed by atoms with Crippen molar-refractivity contribution in [2.45, 2.75) is 91.6 Å². The van der Waals surface area contributed by atoms with Crippen LogP contribution in [-0.4, -0.2) is 25.2 Å². The van der Waals surface area contributed by atoms with Gasteiger partial charge in [-0.25, -0.2) is 0 Å². The molecule has 172 valence electrons. The van der Waals surface area contributed by atoms with E-state index in [1.54, 1.807) is 11.1 Å². The average Bonchev–Trinajstić information content (AvgIpc) is 3.09. The summed E-state index contributed by atoms with van der Waals surface area (Å²) in [4.78, 5) is 23.1. The van der Waals surface area contributed by atoms with Gasteiger partial charge in [-0.3, -0.25) is 9.59 Å². The maximum Gasteiger partial charge on any atom is 0.305 e. The zero-order valence-corrected chi connectivity index (χ0v) is 20.0. The topological polar surface area (TPSA) is 52.6 Å². The van der Waals surface area contributed by atoms with E-state index in [0.717, 1.165) is 32.1 Å². The van der Waals surface area contributed by atoms with E-state index in [4.69, 9.17) is 9.47 Å². The Morgan fingerprint density at radius 3 is 2.65 bits per heavy atom. The Hall–Kier alpha value is -1.58. The van der Waals surface area contributed by atoms with Crippen LogP contribution >= 0.6 is 0 Å². The van der Waals surface area contributed by atoms with Crippen molar-refractivity contribution in [3.05, 3.63) is 23.3 Å². The Balaban J connectivity index is 1.50. The summed E-state index contributed by atoms with van der Waals surface area (Å²) in [7, 11) is 1.48. The quantitative estimate of drug-likeness (QED) is 0.398. The molecule has 5 unspecified atom stereocenters. The fraction of sp³-hybridized carbons (Fsp3) is 0.778. The molecule has 0 aromatic heterocycles. The Morgan fingerprint density at radius 1 is 1.16 bits per heavy atom. The van der Waals surface area contributed by atoms with E-state index >= 15 is 0 Å². The van der Waals surface area contributed by atoms with E-state index in [2.05, 4.69) is 32.9 Å². The van der Waals surface area contributed by atoms with Crippen molar-refractivity contribution in [2.24, 2.45) is 34.5 Å². The largest absolute Gasteiger partial charge is 0.469 e. The van der Waals surface area contributed by atoms with Crippen molar-refractivity contribution in [2.75, 3.05) is 7.11 Å². The summed E-state index contributed by atoms with van der Waals surface area (Å²) in [6.07, 6.45) is 14.6. The maximum atomic E-state index is 11.7. The molecule has 0 aromatic carbocycles. The van der Waals surface area contributed by atoms with Crippen LogP contribution in [0.3, 0.4) is 0 Å². The van der Waals surface area contributed by atoms with Crippen LogP contribution < -0.4 is 0 Å².